The van der Waals surface area contributed by atoms with Crippen molar-refractivity contribution in [3.05, 3.63) is 29.8 Å². The van der Waals surface area contributed by atoms with Crippen molar-refractivity contribution in [2.75, 3.05) is 25.0 Å². The molecule has 1 fully saturated rings. The monoisotopic (exact) mass is 254 g/mol. The normalized spacial score (nSPS) is 18.9. The van der Waals surface area contributed by atoms with Crippen LogP contribution in [0.15, 0.2) is 18.2 Å². The number of hydrogen-bond acceptors (Lipinski definition) is 2. The van der Waals surface area contributed by atoms with Crippen molar-refractivity contribution in [2.24, 2.45) is 5.92 Å². The fourth-order valence-corrected chi connectivity index (χ4v) is 2.16. The van der Waals surface area contributed by atoms with Gasteiger partial charge in [0.15, 0.2) is 0 Å². The number of benzene rings is 1. The van der Waals surface area contributed by atoms with Crippen molar-refractivity contribution < 1.29 is 13.6 Å². The molecule has 1 atom stereocenters. The van der Waals surface area contributed by atoms with Gasteiger partial charge in [0.2, 0.25) is 5.91 Å². The maximum absolute atomic E-state index is 13.5. The lowest BCUT2D eigenvalue weighted by Gasteiger charge is -2.19. The van der Waals surface area contributed by atoms with E-state index in [1.807, 2.05) is 0 Å². The molecular formula is C13H16F2N2O. The summed E-state index contributed by atoms with van der Waals surface area (Å²) in [4.78, 5) is 13.2. The summed E-state index contributed by atoms with van der Waals surface area (Å²) in [6.45, 7) is 1.75. The van der Waals surface area contributed by atoms with E-state index in [0.29, 0.717) is 12.3 Å². The summed E-state index contributed by atoms with van der Waals surface area (Å²) < 4.78 is 26.3. The number of rotatable bonds is 3. The van der Waals surface area contributed by atoms with Gasteiger partial charge in [0.1, 0.15) is 11.6 Å². The van der Waals surface area contributed by atoms with Crippen molar-refractivity contribution in [1.29, 1.82) is 0 Å². The number of carbonyl (C=O) groups excluding carboxylic acids is 1. The van der Waals surface area contributed by atoms with E-state index in [1.54, 1.807) is 0 Å². The molecule has 1 aliphatic heterocycles. The molecule has 98 valence electrons. The minimum Gasteiger partial charge on any atom is -0.316 e. The Balaban J connectivity index is 2.05. The van der Waals surface area contributed by atoms with Gasteiger partial charge in [-0.2, -0.15) is 0 Å². The van der Waals surface area contributed by atoms with Gasteiger partial charge < -0.3 is 10.2 Å². The number of carbonyl (C=O) groups is 1. The van der Waals surface area contributed by atoms with Gasteiger partial charge in [0.25, 0.3) is 0 Å². The topological polar surface area (TPSA) is 32.3 Å². The molecular weight excluding hydrogens is 238 g/mol. The Kier molecular flexibility index (Phi) is 3.91. The third-order valence-corrected chi connectivity index (χ3v) is 3.27. The van der Waals surface area contributed by atoms with Crippen LogP contribution in [0.3, 0.4) is 0 Å². The molecule has 0 radical (unpaired) electrons. The van der Waals surface area contributed by atoms with Gasteiger partial charge >= 0.3 is 0 Å². The van der Waals surface area contributed by atoms with Crippen molar-refractivity contribution in [2.45, 2.75) is 12.8 Å². The van der Waals surface area contributed by atoms with E-state index in [1.165, 1.54) is 18.0 Å². The largest absolute Gasteiger partial charge is 0.316 e. The standard InChI is InChI=1S/C13H16F2N2O/c1-17(12-3-2-10(14)7-11(12)15)13(18)6-9-4-5-16-8-9/h2-3,7,9,16H,4-6,8H2,1H3. The van der Waals surface area contributed by atoms with Crippen LogP contribution >= 0.6 is 0 Å². The van der Waals surface area contributed by atoms with E-state index >= 15 is 0 Å². The average Bonchev–Trinajstić information content (AvgIpc) is 2.81. The Morgan fingerprint density at radius 2 is 2.28 bits per heavy atom. The molecule has 1 amide bonds. The van der Waals surface area contributed by atoms with Crippen LogP contribution in [0.2, 0.25) is 0 Å². The van der Waals surface area contributed by atoms with Crippen molar-refractivity contribution in [3.8, 4) is 0 Å². The molecule has 1 N–H and O–H groups in total. The highest BCUT2D eigenvalue weighted by Crippen LogP contribution is 2.21. The van der Waals surface area contributed by atoms with Gasteiger partial charge in [-0.05, 0) is 37.6 Å². The highest BCUT2D eigenvalue weighted by atomic mass is 19.1. The molecule has 0 spiro atoms. The Bertz CT molecular complexity index is 445. The SMILES string of the molecule is CN(C(=O)CC1CCNC1)c1ccc(F)cc1F. The molecule has 18 heavy (non-hydrogen) atoms. The molecule has 1 aliphatic rings. The zero-order chi connectivity index (χ0) is 13.1. The van der Waals surface area contributed by atoms with E-state index in [-0.39, 0.29) is 11.6 Å². The van der Waals surface area contributed by atoms with E-state index < -0.39 is 11.6 Å². The fourth-order valence-electron chi connectivity index (χ4n) is 2.16. The average molecular weight is 254 g/mol. The van der Waals surface area contributed by atoms with Gasteiger partial charge in [0, 0.05) is 19.5 Å². The Labute approximate surface area is 105 Å². The van der Waals surface area contributed by atoms with Gasteiger partial charge in [0.05, 0.1) is 5.69 Å². The summed E-state index contributed by atoms with van der Waals surface area (Å²) in [6.07, 6.45) is 1.35. The zero-order valence-corrected chi connectivity index (χ0v) is 10.2. The number of amides is 1. The van der Waals surface area contributed by atoms with Gasteiger partial charge in [-0.1, -0.05) is 0 Å². The van der Waals surface area contributed by atoms with Crippen LogP contribution in [-0.2, 0) is 4.79 Å². The van der Waals surface area contributed by atoms with E-state index in [9.17, 15) is 13.6 Å². The van der Waals surface area contributed by atoms with Crippen molar-refractivity contribution in [1.82, 2.24) is 5.32 Å². The summed E-state index contributed by atoms with van der Waals surface area (Å²) in [6, 6.07) is 3.23. The molecule has 1 aromatic carbocycles. The predicted octanol–water partition coefficient (Wildman–Crippen LogP) is 1.93. The number of nitrogens with one attached hydrogen (secondary N) is 1. The Morgan fingerprint density at radius 1 is 1.50 bits per heavy atom. The molecule has 1 saturated heterocycles. The quantitative estimate of drug-likeness (QED) is 0.894. The summed E-state index contributed by atoms with van der Waals surface area (Å²) in [5.74, 6) is -1.19. The molecule has 1 unspecified atom stereocenters. The van der Waals surface area contributed by atoms with Crippen LogP contribution in [0.1, 0.15) is 12.8 Å². The Morgan fingerprint density at radius 3 is 2.89 bits per heavy atom. The lowest BCUT2D eigenvalue weighted by Crippen LogP contribution is -2.29. The van der Waals surface area contributed by atoms with Gasteiger partial charge in [-0.15, -0.1) is 0 Å². The minimum atomic E-state index is -0.713. The highest BCUT2D eigenvalue weighted by molar-refractivity contribution is 5.93. The van der Waals surface area contributed by atoms with Crippen LogP contribution < -0.4 is 10.2 Å². The lowest BCUT2D eigenvalue weighted by molar-refractivity contribution is -0.119. The second-order valence-electron chi connectivity index (χ2n) is 4.61. The van der Waals surface area contributed by atoms with Crippen LogP contribution in [0.4, 0.5) is 14.5 Å². The summed E-state index contributed by atoms with van der Waals surface area (Å²) in [5, 5.41) is 3.18. The Hall–Kier alpha value is -1.49. The number of halogens is 2. The molecule has 1 heterocycles. The number of hydrogen-bond donors (Lipinski definition) is 1. The van der Waals surface area contributed by atoms with Crippen LogP contribution in [-0.4, -0.2) is 26.0 Å². The molecule has 2 rings (SSSR count). The first-order valence-corrected chi connectivity index (χ1v) is 6.00. The van der Waals surface area contributed by atoms with Crippen molar-refractivity contribution in [3.63, 3.8) is 0 Å². The molecule has 0 saturated carbocycles. The third-order valence-electron chi connectivity index (χ3n) is 3.27. The molecule has 0 aliphatic carbocycles. The smallest absolute Gasteiger partial charge is 0.227 e. The van der Waals surface area contributed by atoms with Gasteiger partial charge in [-0.3, -0.25) is 4.79 Å². The summed E-state index contributed by atoms with van der Waals surface area (Å²) in [7, 11) is 1.51. The molecule has 0 aromatic heterocycles. The lowest BCUT2D eigenvalue weighted by atomic mass is 10.0. The molecule has 1 aromatic rings. The second-order valence-corrected chi connectivity index (χ2v) is 4.61. The highest BCUT2D eigenvalue weighted by Gasteiger charge is 2.22. The van der Waals surface area contributed by atoms with E-state index in [4.69, 9.17) is 0 Å². The number of anilines is 1. The van der Waals surface area contributed by atoms with Crippen LogP contribution in [0.5, 0.6) is 0 Å². The first kappa shape index (κ1) is 13.0. The molecule has 3 nitrogen and oxygen atoms in total. The zero-order valence-electron chi connectivity index (χ0n) is 10.2. The van der Waals surface area contributed by atoms with Crippen molar-refractivity contribution >= 4 is 11.6 Å². The molecule has 0 bridgehead atoms. The first-order chi connectivity index (χ1) is 8.58. The summed E-state index contributed by atoms with van der Waals surface area (Å²) >= 11 is 0. The third kappa shape index (κ3) is 2.85. The first-order valence-electron chi connectivity index (χ1n) is 6.00. The number of nitrogens with zero attached hydrogens (tertiary/aromatic N) is 1. The maximum Gasteiger partial charge on any atom is 0.227 e. The van der Waals surface area contributed by atoms with Crippen LogP contribution in [0, 0.1) is 17.6 Å². The van der Waals surface area contributed by atoms with Gasteiger partial charge in [-0.25, -0.2) is 8.78 Å². The second kappa shape index (κ2) is 5.44. The fraction of sp³-hybridized carbons (Fsp3) is 0.462. The summed E-state index contributed by atoms with van der Waals surface area (Å²) in [5.41, 5.74) is 0.118. The minimum absolute atomic E-state index is 0.118. The van der Waals surface area contributed by atoms with E-state index in [2.05, 4.69) is 5.32 Å². The maximum atomic E-state index is 13.5. The molecule has 5 heteroatoms. The van der Waals surface area contributed by atoms with Crippen LogP contribution in [0.25, 0.3) is 0 Å². The van der Waals surface area contributed by atoms with E-state index in [0.717, 1.165) is 31.6 Å². The predicted molar refractivity (Wildman–Crippen MR) is 65.4 cm³/mol.